The normalized spacial score (nSPS) is 10.1. The zero-order valence-corrected chi connectivity index (χ0v) is 9.05. The van der Waals surface area contributed by atoms with Crippen LogP contribution in [0.1, 0.15) is 5.56 Å². The highest BCUT2D eigenvalue weighted by Crippen LogP contribution is 2.23. The SMILES string of the molecule is Oc1cnc(Cl)nc1OCc1ccccc1. The van der Waals surface area contributed by atoms with E-state index in [0.29, 0.717) is 6.61 Å². The van der Waals surface area contributed by atoms with Gasteiger partial charge in [0.2, 0.25) is 5.28 Å². The summed E-state index contributed by atoms with van der Waals surface area (Å²) in [6, 6.07) is 9.57. The van der Waals surface area contributed by atoms with E-state index in [4.69, 9.17) is 16.3 Å². The molecule has 82 valence electrons. The van der Waals surface area contributed by atoms with E-state index in [2.05, 4.69) is 9.97 Å². The Morgan fingerprint density at radius 3 is 2.75 bits per heavy atom. The lowest BCUT2D eigenvalue weighted by molar-refractivity contribution is 0.275. The van der Waals surface area contributed by atoms with Crippen LogP contribution in [0, 0.1) is 0 Å². The van der Waals surface area contributed by atoms with Gasteiger partial charge < -0.3 is 9.84 Å². The Bertz CT molecular complexity index is 477. The molecule has 1 aromatic carbocycles. The monoisotopic (exact) mass is 236 g/mol. The van der Waals surface area contributed by atoms with Crippen molar-refractivity contribution in [1.82, 2.24) is 9.97 Å². The molecule has 2 aromatic rings. The van der Waals surface area contributed by atoms with Gasteiger partial charge in [-0.1, -0.05) is 30.3 Å². The van der Waals surface area contributed by atoms with Crippen molar-refractivity contribution in [3.63, 3.8) is 0 Å². The largest absolute Gasteiger partial charge is 0.502 e. The summed E-state index contributed by atoms with van der Waals surface area (Å²) in [5.41, 5.74) is 0.983. The molecule has 1 N–H and O–H groups in total. The van der Waals surface area contributed by atoms with Crippen molar-refractivity contribution < 1.29 is 9.84 Å². The fourth-order valence-electron chi connectivity index (χ4n) is 1.17. The van der Waals surface area contributed by atoms with Crippen molar-refractivity contribution in [2.75, 3.05) is 0 Å². The van der Waals surface area contributed by atoms with Crippen LogP contribution in [0.25, 0.3) is 0 Å². The van der Waals surface area contributed by atoms with Crippen LogP contribution in [0.15, 0.2) is 36.5 Å². The highest BCUT2D eigenvalue weighted by atomic mass is 35.5. The summed E-state index contributed by atoms with van der Waals surface area (Å²) in [4.78, 5) is 7.39. The number of aromatic nitrogens is 2. The molecule has 4 nitrogen and oxygen atoms in total. The third-order valence-electron chi connectivity index (χ3n) is 1.92. The number of rotatable bonds is 3. The Labute approximate surface area is 97.5 Å². The summed E-state index contributed by atoms with van der Waals surface area (Å²) in [5.74, 6) is -0.0378. The van der Waals surface area contributed by atoms with E-state index in [1.165, 1.54) is 6.20 Å². The molecule has 0 aliphatic carbocycles. The summed E-state index contributed by atoms with van der Waals surface area (Å²) in [6.07, 6.45) is 1.20. The first-order valence-electron chi connectivity index (χ1n) is 4.64. The number of halogens is 1. The lowest BCUT2D eigenvalue weighted by atomic mass is 10.2. The highest BCUT2D eigenvalue weighted by Gasteiger charge is 2.06. The molecule has 0 radical (unpaired) electrons. The van der Waals surface area contributed by atoms with Crippen LogP contribution in [0.2, 0.25) is 5.28 Å². The van der Waals surface area contributed by atoms with Gasteiger partial charge >= 0.3 is 0 Å². The fourth-order valence-corrected chi connectivity index (χ4v) is 1.30. The van der Waals surface area contributed by atoms with Crippen LogP contribution in [-0.4, -0.2) is 15.1 Å². The third kappa shape index (κ3) is 2.61. The number of benzene rings is 1. The van der Waals surface area contributed by atoms with Gasteiger partial charge in [-0.05, 0) is 17.2 Å². The van der Waals surface area contributed by atoms with Crippen molar-refractivity contribution in [2.45, 2.75) is 6.61 Å². The zero-order valence-electron chi connectivity index (χ0n) is 8.30. The molecule has 0 bridgehead atoms. The first-order valence-corrected chi connectivity index (χ1v) is 5.02. The number of hydrogen-bond donors (Lipinski definition) is 1. The smallest absolute Gasteiger partial charge is 0.261 e. The van der Waals surface area contributed by atoms with Crippen LogP contribution in [0.3, 0.4) is 0 Å². The van der Waals surface area contributed by atoms with E-state index in [1.54, 1.807) is 0 Å². The van der Waals surface area contributed by atoms with Gasteiger partial charge in [0.05, 0.1) is 6.20 Å². The maximum atomic E-state index is 9.40. The van der Waals surface area contributed by atoms with Crippen molar-refractivity contribution in [3.05, 3.63) is 47.4 Å². The van der Waals surface area contributed by atoms with Crippen LogP contribution in [0.4, 0.5) is 0 Å². The predicted molar refractivity (Wildman–Crippen MR) is 59.5 cm³/mol. The number of nitrogens with zero attached hydrogens (tertiary/aromatic N) is 2. The molecule has 0 saturated carbocycles. The minimum absolute atomic E-state index is 0.0425. The molecule has 0 unspecified atom stereocenters. The molecule has 0 saturated heterocycles. The first-order chi connectivity index (χ1) is 7.75. The number of ether oxygens (including phenoxy) is 1. The minimum atomic E-state index is -0.125. The summed E-state index contributed by atoms with van der Waals surface area (Å²) in [6.45, 7) is 0.321. The third-order valence-corrected chi connectivity index (χ3v) is 2.11. The fraction of sp³-hybridized carbons (Fsp3) is 0.0909. The maximum Gasteiger partial charge on any atom is 0.261 e. The van der Waals surface area contributed by atoms with E-state index in [1.807, 2.05) is 30.3 Å². The van der Waals surface area contributed by atoms with E-state index < -0.39 is 0 Å². The predicted octanol–water partition coefficient (Wildman–Crippen LogP) is 2.41. The summed E-state index contributed by atoms with van der Waals surface area (Å²) >= 11 is 5.59. The topological polar surface area (TPSA) is 55.2 Å². The van der Waals surface area contributed by atoms with E-state index in [9.17, 15) is 5.11 Å². The van der Waals surface area contributed by atoms with E-state index >= 15 is 0 Å². The quantitative estimate of drug-likeness (QED) is 0.832. The Kier molecular flexibility index (Phi) is 3.22. The van der Waals surface area contributed by atoms with Crippen LogP contribution in [-0.2, 0) is 6.61 Å². The van der Waals surface area contributed by atoms with Gasteiger partial charge in [0.1, 0.15) is 6.61 Å². The standard InChI is InChI=1S/C11H9ClN2O2/c12-11-13-6-9(15)10(14-11)16-7-8-4-2-1-3-5-8/h1-6,15H,7H2. The van der Waals surface area contributed by atoms with Gasteiger partial charge in [0.15, 0.2) is 5.75 Å². The molecule has 0 spiro atoms. The van der Waals surface area contributed by atoms with E-state index in [-0.39, 0.29) is 16.9 Å². The molecule has 5 heteroatoms. The van der Waals surface area contributed by atoms with Gasteiger partial charge in [-0.2, -0.15) is 4.98 Å². The Morgan fingerprint density at radius 2 is 2.00 bits per heavy atom. The summed E-state index contributed by atoms with van der Waals surface area (Å²) in [5, 5.41) is 9.45. The van der Waals surface area contributed by atoms with Crippen molar-refractivity contribution in [2.24, 2.45) is 0 Å². The lowest BCUT2D eigenvalue weighted by Crippen LogP contribution is -1.98. The van der Waals surface area contributed by atoms with Crippen LogP contribution in [0.5, 0.6) is 11.6 Å². The molecule has 0 aliphatic heterocycles. The van der Waals surface area contributed by atoms with Crippen molar-refractivity contribution in [3.8, 4) is 11.6 Å². The minimum Gasteiger partial charge on any atom is -0.502 e. The molecule has 0 atom stereocenters. The molecule has 2 rings (SSSR count). The second-order valence-corrected chi connectivity index (χ2v) is 3.44. The molecule has 1 heterocycles. The molecule has 16 heavy (non-hydrogen) atoms. The Balaban J connectivity index is 2.08. The number of hydrogen-bond acceptors (Lipinski definition) is 4. The van der Waals surface area contributed by atoms with Crippen molar-refractivity contribution in [1.29, 1.82) is 0 Å². The summed E-state index contributed by atoms with van der Waals surface area (Å²) < 4.78 is 5.32. The average molecular weight is 237 g/mol. The molecule has 0 aliphatic rings. The second kappa shape index (κ2) is 4.81. The van der Waals surface area contributed by atoms with Gasteiger partial charge in [0, 0.05) is 0 Å². The Hall–Kier alpha value is -1.81. The zero-order chi connectivity index (χ0) is 11.4. The number of aromatic hydroxyl groups is 1. The van der Waals surface area contributed by atoms with Crippen LogP contribution >= 0.6 is 11.6 Å². The summed E-state index contributed by atoms with van der Waals surface area (Å²) in [7, 11) is 0. The highest BCUT2D eigenvalue weighted by molar-refractivity contribution is 6.28. The van der Waals surface area contributed by atoms with Crippen molar-refractivity contribution >= 4 is 11.6 Å². The maximum absolute atomic E-state index is 9.40. The van der Waals surface area contributed by atoms with Gasteiger partial charge in [-0.3, -0.25) is 0 Å². The van der Waals surface area contributed by atoms with Gasteiger partial charge in [-0.15, -0.1) is 0 Å². The van der Waals surface area contributed by atoms with Gasteiger partial charge in [-0.25, -0.2) is 4.98 Å². The first kappa shape index (κ1) is 10.7. The molecule has 0 amide bonds. The van der Waals surface area contributed by atoms with Gasteiger partial charge in [0.25, 0.3) is 5.88 Å². The molecule has 1 aromatic heterocycles. The van der Waals surface area contributed by atoms with Crippen LogP contribution < -0.4 is 4.74 Å². The average Bonchev–Trinajstić information content (AvgIpc) is 2.32. The second-order valence-electron chi connectivity index (χ2n) is 3.10. The molecular weight excluding hydrogens is 228 g/mol. The Morgan fingerprint density at radius 1 is 1.25 bits per heavy atom. The van der Waals surface area contributed by atoms with E-state index in [0.717, 1.165) is 5.56 Å². The molecule has 0 fully saturated rings. The molecular formula is C11H9ClN2O2. The lowest BCUT2D eigenvalue weighted by Gasteiger charge is -2.06.